The second-order valence-corrected chi connectivity index (χ2v) is 7.64. The van der Waals surface area contributed by atoms with Gasteiger partial charge in [0.25, 0.3) is 0 Å². The minimum atomic E-state index is 0.779. The molecule has 0 unspecified atom stereocenters. The van der Waals surface area contributed by atoms with E-state index in [0.29, 0.717) is 0 Å². The van der Waals surface area contributed by atoms with Crippen molar-refractivity contribution in [2.24, 2.45) is 0 Å². The Labute approximate surface area is 138 Å². The van der Waals surface area contributed by atoms with Crippen LogP contribution in [0.5, 0.6) is 0 Å². The van der Waals surface area contributed by atoms with Gasteiger partial charge in [0.05, 0.1) is 0 Å². The minimum Gasteiger partial charge on any atom is -0.123 e. The van der Waals surface area contributed by atoms with Crippen molar-refractivity contribution in [2.75, 3.05) is 5.88 Å². The largest absolute Gasteiger partial charge is 0.178 e. The fourth-order valence-electron chi connectivity index (χ4n) is 4.75. The summed E-state index contributed by atoms with van der Waals surface area (Å²) in [6.45, 7) is 3.11. The molecule has 0 aromatic rings. The van der Waals surface area contributed by atoms with Gasteiger partial charge < -0.3 is 0 Å². The fourth-order valence-corrected chi connectivity index (χ4v) is 5.04. The average Bonchev–Trinajstić information content (AvgIpc) is 2.56. The van der Waals surface area contributed by atoms with Crippen molar-refractivity contribution >= 4 is 18.3 Å². The lowest BCUT2D eigenvalue weighted by Crippen LogP contribution is -2.33. The van der Waals surface area contributed by atoms with Crippen LogP contribution in [-0.2, 0) is 0 Å². The molecule has 0 bridgehead atoms. The van der Waals surface area contributed by atoms with Crippen LogP contribution in [0.1, 0.15) is 90.4 Å². The molecule has 0 amide bonds. The molecule has 0 spiro atoms. The summed E-state index contributed by atoms with van der Waals surface area (Å²) in [5.41, 5.74) is 1.61. The SMILES string of the molecule is CCCC/C=C(\CCl)B(C1CCCCC1)C1CCCCC1. The Morgan fingerprint density at radius 1 is 0.952 bits per heavy atom. The number of unbranched alkanes of at least 4 members (excludes halogenated alkanes) is 2. The van der Waals surface area contributed by atoms with Gasteiger partial charge >= 0.3 is 0 Å². The van der Waals surface area contributed by atoms with Gasteiger partial charge in [0.15, 0.2) is 6.71 Å². The van der Waals surface area contributed by atoms with Gasteiger partial charge in [-0.3, -0.25) is 0 Å². The third kappa shape index (κ3) is 5.34. The molecule has 0 nitrogen and oxygen atoms in total. The molecule has 2 fully saturated rings. The molecular weight excluding hydrogens is 274 g/mol. The van der Waals surface area contributed by atoms with E-state index in [1.807, 2.05) is 0 Å². The predicted octanol–water partition coefficient (Wildman–Crippen LogP) is 7.04. The van der Waals surface area contributed by atoms with Crippen molar-refractivity contribution in [3.05, 3.63) is 11.5 Å². The first-order chi connectivity index (χ1) is 10.4. The topological polar surface area (TPSA) is 0 Å². The molecule has 120 valence electrons. The van der Waals surface area contributed by atoms with Crippen molar-refractivity contribution in [3.8, 4) is 0 Å². The summed E-state index contributed by atoms with van der Waals surface area (Å²) in [4.78, 5) is 0. The van der Waals surface area contributed by atoms with Gasteiger partial charge in [0.2, 0.25) is 0 Å². The van der Waals surface area contributed by atoms with Crippen LogP contribution in [0.15, 0.2) is 11.5 Å². The number of hydrogen-bond acceptors (Lipinski definition) is 0. The zero-order chi connectivity index (χ0) is 14.9. The molecule has 0 radical (unpaired) electrons. The van der Waals surface area contributed by atoms with Crippen molar-refractivity contribution < 1.29 is 0 Å². The molecule has 0 aromatic carbocycles. The molecule has 0 saturated heterocycles. The highest BCUT2D eigenvalue weighted by molar-refractivity contribution is 6.70. The van der Waals surface area contributed by atoms with Crippen LogP contribution in [0.3, 0.4) is 0 Å². The van der Waals surface area contributed by atoms with Crippen LogP contribution in [0.2, 0.25) is 11.6 Å². The van der Waals surface area contributed by atoms with Crippen LogP contribution in [0.4, 0.5) is 0 Å². The van der Waals surface area contributed by atoms with E-state index in [1.165, 1.54) is 83.5 Å². The lowest BCUT2D eigenvalue weighted by atomic mass is 9.27. The number of rotatable bonds is 7. The van der Waals surface area contributed by atoms with Crippen LogP contribution < -0.4 is 0 Å². The zero-order valence-electron chi connectivity index (χ0n) is 14.1. The maximum atomic E-state index is 6.41. The number of allylic oxidation sites excluding steroid dienone is 2. The molecule has 2 heteroatoms. The number of hydrogen-bond donors (Lipinski definition) is 0. The maximum Gasteiger partial charge on any atom is 0.178 e. The first-order valence-electron chi connectivity index (χ1n) is 9.61. The van der Waals surface area contributed by atoms with Gasteiger partial charge in [-0.05, 0) is 6.42 Å². The van der Waals surface area contributed by atoms with Crippen molar-refractivity contribution in [2.45, 2.75) is 102 Å². The Morgan fingerprint density at radius 3 is 1.90 bits per heavy atom. The molecule has 2 aliphatic carbocycles. The average molecular weight is 309 g/mol. The van der Waals surface area contributed by atoms with Gasteiger partial charge in [-0.25, -0.2) is 0 Å². The van der Waals surface area contributed by atoms with Crippen LogP contribution in [-0.4, -0.2) is 12.6 Å². The third-order valence-corrected chi connectivity index (χ3v) is 6.17. The highest BCUT2D eigenvalue weighted by atomic mass is 35.5. The summed E-state index contributed by atoms with van der Waals surface area (Å²) in [6.07, 6.45) is 21.0. The maximum absolute atomic E-state index is 6.41. The summed E-state index contributed by atoms with van der Waals surface area (Å²) in [5.74, 6) is 2.66. The van der Waals surface area contributed by atoms with Gasteiger partial charge in [-0.1, -0.05) is 107 Å². The second-order valence-electron chi connectivity index (χ2n) is 7.38. The predicted molar refractivity (Wildman–Crippen MR) is 97.8 cm³/mol. The van der Waals surface area contributed by atoms with E-state index in [0.717, 1.165) is 24.2 Å². The summed E-state index contributed by atoms with van der Waals surface area (Å²) < 4.78 is 0. The van der Waals surface area contributed by atoms with E-state index in [-0.39, 0.29) is 0 Å². The Hall–Kier alpha value is 0.0949. The first-order valence-corrected chi connectivity index (χ1v) is 10.1. The van der Waals surface area contributed by atoms with Crippen molar-refractivity contribution in [1.82, 2.24) is 0 Å². The lowest BCUT2D eigenvalue weighted by Gasteiger charge is -2.36. The monoisotopic (exact) mass is 308 g/mol. The van der Waals surface area contributed by atoms with E-state index in [1.54, 1.807) is 5.47 Å². The van der Waals surface area contributed by atoms with E-state index in [9.17, 15) is 0 Å². The highest BCUT2D eigenvalue weighted by Gasteiger charge is 2.36. The van der Waals surface area contributed by atoms with Gasteiger partial charge in [0, 0.05) is 5.88 Å². The summed E-state index contributed by atoms with van der Waals surface area (Å²) >= 11 is 6.41. The molecule has 0 aromatic heterocycles. The standard InChI is InChI=1S/C19H34BCl/c1-2-3-6-15-19(16-21)20(17-11-7-4-8-12-17)18-13-9-5-10-14-18/h15,17-18H,2-14,16H2,1H3/b19-15+. The van der Waals surface area contributed by atoms with E-state index in [4.69, 9.17) is 11.6 Å². The van der Waals surface area contributed by atoms with Crippen LogP contribution in [0, 0.1) is 0 Å². The number of halogens is 1. The van der Waals surface area contributed by atoms with Crippen LogP contribution >= 0.6 is 11.6 Å². The van der Waals surface area contributed by atoms with Crippen LogP contribution in [0.25, 0.3) is 0 Å². The Bertz CT molecular complexity index is 283. The summed E-state index contributed by atoms with van der Waals surface area (Å²) in [7, 11) is 0. The van der Waals surface area contributed by atoms with Gasteiger partial charge in [-0.2, -0.15) is 0 Å². The molecule has 0 N–H and O–H groups in total. The highest BCUT2D eigenvalue weighted by Crippen LogP contribution is 2.44. The van der Waals surface area contributed by atoms with E-state index in [2.05, 4.69) is 13.0 Å². The third-order valence-electron chi connectivity index (χ3n) is 5.86. The van der Waals surface area contributed by atoms with Crippen molar-refractivity contribution in [1.29, 1.82) is 0 Å². The Balaban J connectivity index is 2.09. The quantitative estimate of drug-likeness (QED) is 0.269. The van der Waals surface area contributed by atoms with E-state index >= 15 is 0 Å². The summed E-state index contributed by atoms with van der Waals surface area (Å²) in [5, 5.41) is 0. The lowest BCUT2D eigenvalue weighted by molar-refractivity contribution is 0.463. The van der Waals surface area contributed by atoms with E-state index < -0.39 is 0 Å². The molecule has 21 heavy (non-hydrogen) atoms. The Kier molecular flexibility index (Phi) is 8.29. The molecule has 0 heterocycles. The second kappa shape index (κ2) is 9.98. The Morgan fingerprint density at radius 2 is 1.48 bits per heavy atom. The normalized spacial score (nSPS) is 22.5. The molecule has 2 aliphatic rings. The van der Waals surface area contributed by atoms with Crippen molar-refractivity contribution in [3.63, 3.8) is 0 Å². The summed E-state index contributed by atoms with van der Waals surface area (Å²) in [6, 6.07) is 0. The van der Waals surface area contributed by atoms with Gasteiger partial charge in [-0.15, -0.1) is 11.6 Å². The molecule has 0 aliphatic heterocycles. The number of alkyl halides is 1. The molecule has 0 atom stereocenters. The molecular formula is C19H34BCl. The fraction of sp³-hybridized carbons (Fsp3) is 0.895. The smallest absolute Gasteiger partial charge is 0.123 e. The molecule has 2 rings (SSSR count). The minimum absolute atomic E-state index is 0.779. The molecule has 2 saturated carbocycles. The zero-order valence-corrected chi connectivity index (χ0v) is 14.8. The first kappa shape index (κ1) is 17.4. The van der Waals surface area contributed by atoms with Gasteiger partial charge in [0.1, 0.15) is 0 Å².